The molecule has 4 rings (SSSR count). The molecule has 0 fully saturated rings. The molecular weight excluding hydrogens is 378 g/mol. The minimum absolute atomic E-state index is 0.163. The fourth-order valence-electron chi connectivity index (χ4n) is 3.53. The maximum Gasteiger partial charge on any atom is 0.311 e. The number of hydrogen-bond donors (Lipinski definition) is 0. The number of para-hydroxylation sites is 1. The molecule has 0 spiro atoms. The second-order valence-electron chi connectivity index (χ2n) is 7.14. The first kappa shape index (κ1) is 19.6. The van der Waals surface area contributed by atoms with Crippen LogP contribution in [0.1, 0.15) is 50.3 Å². The lowest BCUT2D eigenvalue weighted by Gasteiger charge is -2.14. The van der Waals surface area contributed by atoms with Crippen LogP contribution in [0.4, 0.5) is 0 Å². The highest BCUT2D eigenvalue weighted by molar-refractivity contribution is 8.08. The van der Waals surface area contributed by atoms with Crippen molar-refractivity contribution in [2.75, 3.05) is 0 Å². The second kappa shape index (κ2) is 9.19. The predicted molar refractivity (Wildman–Crippen MR) is 120 cm³/mol. The Morgan fingerprint density at radius 3 is 2.55 bits per heavy atom. The van der Waals surface area contributed by atoms with Crippen molar-refractivity contribution in [1.82, 2.24) is 4.57 Å². The first-order valence-corrected chi connectivity index (χ1v) is 11.0. The minimum atomic E-state index is -0.163. The number of thioether (sulfide) groups is 1. The van der Waals surface area contributed by atoms with E-state index in [4.69, 9.17) is 4.74 Å². The van der Waals surface area contributed by atoms with Gasteiger partial charge in [0, 0.05) is 17.5 Å². The summed E-state index contributed by atoms with van der Waals surface area (Å²) in [6.45, 7) is 2.17. The normalized spacial score (nSPS) is 12.9. The number of hydrogen-bond acceptors (Lipinski definition) is 3. The molecule has 4 heteroatoms. The van der Waals surface area contributed by atoms with Crippen molar-refractivity contribution in [2.24, 2.45) is 0 Å². The third kappa shape index (κ3) is 4.33. The van der Waals surface area contributed by atoms with Crippen LogP contribution in [0.2, 0.25) is 0 Å². The van der Waals surface area contributed by atoms with E-state index in [-0.39, 0.29) is 5.97 Å². The molecule has 1 aliphatic heterocycles. The topological polar surface area (TPSA) is 31.2 Å². The molecule has 2 heterocycles. The summed E-state index contributed by atoms with van der Waals surface area (Å²) in [6, 6.07) is 22.5. The molecule has 0 radical (unpaired) electrons. The predicted octanol–water partition coefficient (Wildman–Crippen LogP) is 6.92. The molecule has 3 nitrogen and oxygen atoms in total. The van der Waals surface area contributed by atoms with Crippen LogP contribution in [0.3, 0.4) is 0 Å². The van der Waals surface area contributed by atoms with E-state index in [9.17, 15) is 4.79 Å². The summed E-state index contributed by atoms with van der Waals surface area (Å²) in [5.74, 6) is 0.478. The van der Waals surface area contributed by atoms with E-state index in [1.165, 1.54) is 0 Å². The molecule has 1 aliphatic rings. The zero-order chi connectivity index (χ0) is 20.1. The lowest BCUT2D eigenvalue weighted by atomic mass is 10.1. The van der Waals surface area contributed by atoms with Crippen molar-refractivity contribution in [3.05, 3.63) is 84.2 Å². The number of fused-ring (bicyclic) bond motifs is 3. The van der Waals surface area contributed by atoms with Gasteiger partial charge in [-0.3, -0.25) is 4.79 Å². The summed E-state index contributed by atoms with van der Waals surface area (Å²) in [5, 5.41) is 0. The highest BCUT2D eigenvalue weighted by Crippen LogP contribution is 2.46. The lowest BCUT2D eigenvalue weighted by Crippen LogP contribution is -2.07. The molecule has 0 bridgehead atoms. The SMILES string of the molecule is CCCCCCC(=O)OC1=C(c2ccccc2)Sc2ccccc2-n2cccc21. The highest BCUT2D eigenvalue weighted by atomic mass is 32.2. The van der Waals surface area contributed by atoms with Crippen molar-refractivity contribution in [3.63, 3.8) is 0 Å². The van der Waals surface area contributed by atoms with Crippen LogP contribution in [0.15, 0.2) is 77.8 Å². The standard InChI is InChI=1S/C25H25NO2S/c1-2-3-4-8-17-23(27)28-24-21-15-11-18-26(21)20-14-9-10-16-22(20)29-25(24)19-12-6-5-7-13-19/h5-7,9-16,18H,2-4,8,17H2,1H3. The minimum Gasteiger partial charge on any atom is -0.423 e. The summed E-state index contributed by atoms with van der Waals surface area (Å²) in [4.78, 5) is 14.8. The van der Waals surface area contributed by atoms with Gasteiger partial charge >= 0.3 is 5.97 Å². The number of aromatic nitrogens is 1. The zero-order valence-electron chi connectivity index (χ0n) is 16.6. The quantitative estimate of drug-likeness (QED) is 0.317. The molecule has 0 N–H and O–H groups in total. The summed E-state index contributed by atoms with van der Waals surface area (Å²) in [6.07, 6.45) is 6.71. The Morgan fingerprint density at radius 1 is 0.931 bits per heavy atom. The van der Waals surface area contributed by atoms with Gasteiger partial charge in [-0.1, -0.05) is 80.4 Å². The molecule has 0 saturated heterocycles. The Kier molecular flexibility index (Phi) is 6.20. The van der Waals surface area contributed by atoms with Crippen LogP contribution in [0.25, 0.3) is 16.4 Å². The molecule has 29 heavy (non-hydrogen) atoms. The van der Waals surface area contributed by atoms with Crippen LogP contribution in [-0.4, -0.2) is 10.5 Å². The number of benzene rings is 2. The van der Waals surface area contributed by atoms with E-state index < -0.39 is 0 Å². The summed E-state index contributed by atoms with van der Waals surface area (Å²) in [5.41, 5.74) is 3.05. The number of ether oxygens (including phenoxy) is 1. The fourth-order valence-corrected chi connectivity index (χ4v) is 4.66. The second-order valence-corrected chi connectivity index (χ2v) is 8.19. The van der Waals surface area contributed by atoms with E-state index in [0.29, 0.717) is 12.2 Å². The number of carbonyl (C=O) groups excluding carboxylic acids is 1. The third-order valence-corrected chi connectivity index (χ3v) is 6.20. The van der Waals surface area contributed by atoms with Crippen LogP contribution in [0, 0.1) is 0 Å². The van der Waals surface area contributed by atoms with Gasteiger partial charge in [0.15, 0.2) is 5.76 Å². The largest absolute Gasteiger partial charge is 0.423 e. The van der Waals surface area contributed by atoms with Crippen molar-refractivity contribution in [2.45, 2.75) is 43.9 Å². The molecule has 3 aromatic rings. The number of nitrogens with zero attached hydrogens (tertiary/aromatic N) is 1. The maximum absolute atomic E-state index is 12.7. The summed E-state index contributed by atoms with van der Waals surface area (Å²) < 4.78 is 8.14. The lowest BCUT2D eigenvalue weighted by molar-refractivity contribution is -0.136. The number of unbranched alkanes of at least 4 members (excludes halogenated alkanes) is 3. The zero-order valence-corrected chi connectivity index (χ0v) is 17.5. The van der Waals surface area contributed by atoms with Crippen molar-refractivity contribution < 1.29 is 9.53 Å². The number of esters is 1. The molecular formula is C25H25NO2S. The first-order chi connectivity index (χ1) is 14.3. The van der Waals surface area contributed by atoms with Gasteiger partial charge in [0.25, 0.3) is 0 Å². The monoisotopic (exact) mass is 403 g/mol. The Labute approximate surface area is 176 Å². The van der Waals surface area contributed by atoms with Gasteiger partial charge in [-0.2, -0.15) is 0 Å². The van der Waals surface area contributed by atoms with Crippen LogP contribution in [0.5, 0.6) is 0 Å². The molecule has 0 aliphatic carbocycles. The van der Waals surface area contributed by atoms with E-state index in [1.807, 2.05) is 48.7 Å². The van der Waals surface area contributed by atoms with E-state index in [0.717, 1.165) is 52.4 Å². The number of rotatable bonds is 7. The van der Waals surface area contributed by atoms with Gasteiger partial charge in [0.05, 0.1) is 16.3 Å². The van der Waals surface area contributed by atoms with Crippen LogP contribution < -0.4 is 0 Å². The Bertz CT molecular complexity index is 1020. The Morgan fingerprint density at radius 2 is 1.72 bits per heavy atom. The molecule has 2 aromatic carbocycles. The van der Waals surface area contributed by atoms with Crippen molar-refractivity contribution >= 4 is 28.4 Å². The van der Waals surface area contributed by atoms with E-state index in [1.54, 1.807) is 11.8 Å². The summed E-state index contributed by atoms with van der Waals surface area (Å²) >= 11 is 1.66. The smallest absolute Gasteiger partial charge is 0.311 e. The molecule has 0 saturated carbocycles. The number of carbonyl (C=O) groups is 1. The molecule has 1 aromatic heterocycles. The van der Waals surface area contributed by atoms with E-state index >= 15 is 0 Å². The Hall–Kier alpha value is -2.72. The maximum atomic E-state index is 12.7. The van der Waals surface area contributed by atoms with Gasteiger partial charge in [0.1, 0.15) is 0 Å². The molecule has 0 amide bonds. The van der Waals surface area contributed by atoms with Gasteiger partial charge in [-0.25, -0.2) is 0 Å². The third-order valence-electron chi connectivity index (χ3n) is 5.01. The van der Waals surface area contributed by atoms with Gasteiger partial charge < -0.3 is 9.30 Å². The van der Waals surface area contributed by atoms with Gasteiger partial charge in [-0.05, 0) is 36.2 Å². The highest BCUT2D eigenvalue weighted by Gasteiger charge is 2.25. The van der Waals surface area contributed by atoms with Crippen molar-refractivity contribution in [3.8, 4) is 5.69 Å². The van der Waals surface area contributed by atoms with Crippen LogP contribution in [-0.2, 0) is 9.53 Å². The fraction of sp³-hybridized carbons (Fsp3) is 0.240. The summed E-state index contributed by atoms with van der Waals surface area (Å²) in [7, 11) is 0. The molecule has 148 valence electrons. The average Bonchev–Trinajstić information content (AvgIpc) is 3.20. The molecule has 0 atom stereocenters. The van der Waals surface area contributed by atoms with Gasteiger partial charge in [0.2, 0.25) is 0 Å². The van der Waals surface area contributed by atoms with Crippen molar-refractivity contribution in [1.29, 1.82) is 0 Å². The molecule has 0 unspecified atom stereocenters. The Balaban J connectivity index is 1.75. The first-order valence-electron chi connectivity index (χ1n) is 10.2. The van der Waals surface area contributed by atoms with E-state index in [2.05, 4.69) is 35.8 Å². The van der Waals surface area contributed by atoms with Gasteiger partial charge in [-0.15, -0.1) is 0 Å². The van der Waals surface area contributed by atoms with Crippen LogP contribution >= 0.6 is 11.8 Å². The average molecular weight is 404 g/mol.